The van der Waals surface area contributed by atoms with Gasteiger partial charge in [-0.25, -0.2) is 0 Å². The summed E-state index contributed by atoms with van der Waals surface area (Å²) in [7, 11) is 3.22. The summed E-state index contributed by atoms with van der Waals surface area (Å²) in [6.45, 7) is 0.906. The lowest BCUT2D eigenvalue weighted by Crippen LogP contribution is -2.34. The largest absolute Gasteiger partial charge is 0.496 e. The van der Waals surface area contributed by atoms with Crippen molar-refractivity contribution in [2.24, 2.45) is 0 Å². The van der Waals surface area contributed by atoms with Gasteiger partial charge in [-0.1, -0.05) is 12.1 Å². The van der Waals surface area contributed by atoms with Crippen LogP contribution in [0, 0.1) is 0 Å². The monoisotopic (exact) mass is 326 g/mol. The Balaban J connectivity index is 1.77. The number of hydrogen-bond acceptors (Lipinski definition) is 6. The highest BCUT2D eigenvalue weighted by Crippen LogP contribution is 2.40. The van der Waals surface area contributed by atoms with E-state index in [2.05, 4.69) is 4.98 Å². The minimum Gasteiger partial charge on any atom is -0.496 e. The number of aliphatic hydroxyl groups excluding tert-OH is 1. The first-order valence-electron chi connectivity index (χ1n) is 7.73. The van der Waals surface area contributed by atoms with Crippen LogP contribution in [0.25, 0.3) is 11.1 Å². The Bertz CT molecular complexity index is 857. The third-order valence-corrected chi connectivity index (χ3v) is 4.34. The van der Waals surface area contributed by atoms with E-state index in [-0.39, 0.29) is 0 Å². The topological polar surface area (TPSA) is 68.0 Å². The van der Waals surface area contributed by atoms with Crippen molar-refractivity contribution in [3.05, 3.63) is 47.5 Å². The normalized spacial score (nSPS) is 17.0. The predicted molar refractivity (Wildman–Crippen MR) is 89.6 cm³/mol. The highest BCUT2D eigenvalue weighted by molar-refractivity contribution is 5.74. The first-order valence-corrected chi connectivity index (χ1v) is 7.73. The summed E-state index contributed by atoms with van der Waals surface area (Å²) in [5, 5.41) is 10.7. The zero-order valence-electron chi connectivity index (χ0n) is 13.5. The van der Waals surface area contributed by atoms with Crippen molar-refractivity contribution in [1.29, 1.82) is 0 Å². The van der Waals surface area contributed by atoms with Crippen LogP contribution in [0.3, 0.4) is 0 Å². The van der Waals surface area contributed by atoms with E-state index in [0.717, 1.165) is 22.2 Å². The number of methoxy groups -OCH3 is 2. The number of aliphatic hydroxyl groups is 1. The van der Waals surface area contributed by atoms with E-state index in [1.54, 1.807) is 14.2 Å². The van der Waals surface area contributed by atoms with Crippen LogP contribution >= 0.6 is 0 Å². The molecule has 1 N–H and O–H groups in total. The summed E-state index contributed by atoms with van der Waals surface area (Å²) in [6.07, 6.45) is -0.714. The van der Waals surface area contributed by atoms with Gasteiger partial charge in [0.05, 0.1) is 27.3 Å². The molecule has 1 aromatic heterocycles. The van der Waals surface area contributed by atoms with Crippen molar-refractivity contribution in [2.45, 2.75) is 12.6 Å². The summed E-state index contributed by atoms with van der Waals surface area (Å²) in [5.41, 5.74) is 3.18. The van der Waals surface area contributed by atoms with Gasteiger partial charge in [-0.2, -0.15) is 4.98 Å². The quantitative estimate of drug-likeness (QED) is 0.798. The fourth-order valence-corrected chi connectivity index (χ4v) is 3.22. The molecule has 24 heavy (non-hydrogen) atoms. The number of benzene rings is 2. The number of β-amino-alcohol motifs (C(OH)–C–C–N with tert-alkyl or cyclic N) is 1. The lowest BCUT2D eigenvalue weighted by molar-refractivity contribution is 0.167. The van der Waals surface area contributed by atoms with Crippen LogP contribution in [0.5, 0.6) is 11.5 Å². The van der Waals surface area contributed by atoms with Crippen LogP contribution in [0.2, 0.25) is 0 Å². The number of hydrogen-bond donors (Lipinski definition) is 1. The summed E-state index contributed by atoms with van der Waals surface area (Å²) >= 11 is 0. The molecule has 0 unspecified atom stereocenters. The molecular weight excluding hydrogens is 308 g/mol. The smallest absolute Gasteiger partial charge is 0.298 e. The number of fused-ring (bicyclic) bond motifs is 2. The van der Waals surface area contributed by atoms with E-state index in [0.29, 0.717) is 30.6 Å². The van der Waals surface area contributed by atoms with Gasteiger partial charge >= 0.3 is 0 Å². The van der Waals surface area contributed by atoms with E-state index in [4.69, 9.17) is 13.9 Å². The zero-order valence-corrected chi connectivity index (χ0v) is 13.5. The molecule has 0 bridgehead atoms. The molecular formula is C18H18N2O4. The van der Waals surface area contributed by atoms with Crippen molar-refractivity contribution in [1.82, 2.24) is 4.98 Å². The van der Waals surface area contributed by atoms with Crippen molar-refractivity contribution < 1.29 is 19.0 Å². The molecule has 3 aromatic rings. The highest BCUT2D eigenvalue weighted by Gasteiger charge is 2.31. The maximum Gasteiger partial charge on any atom is 0.298 e. The Labute approximate surface area is 139 Å². The van der Waals surface area contributed by atoms with E-state index in [9.17, 15) is 5.11 Å². The molecule has 4 rings (SSSR count). The van der Waals surface area contributed by atoms with Gasteiger partial charge in [-0.05, 0) is 24.3 Å². The van der Waals surface area contributed by atoms with Crippen LogP contribution in [-0.2, 0) is 6.54 Å². The molecule has 0 saturated carbocycles. The molecule has 0 fully saturated rings. The number of oxazole rings is 1. The Morgan fingerprint density at radius 1 is 1.12 bits per heavy atom. The second kappa shape index (κ2) is 5.72. The fraction of sp³-hybridized carbons (Fsp3) is 0.278. The first kappa shape index (κ1) is 14.8. The minimum absolute atomic E-state index is 0.378. The van der Waals surface area contributed by atoms with Crippen LogP contribution in [-0.4, -0.2) is 30.9 Å². The van der Waals surface area contributed by atoms with E-state index in [1.165, 1.54) is 0 Å². The molecule has 0 spiro atoms. The van der Waals surface area contributed by atoms with Gasteiger partial charge in [0.15, 0.2) is 5.58 Å². The SMILES string of the molecule is COc1ccc(OC)c2c1CN(c1nc3ccccc3o1)C[C@H]2O. The molecule has 1 aliphatic heterocycles. The van der Waals surface area contributed by atoms with Gasteiger partial charge in [0.1, 0.15) is 23.1 Å². The Morgan fingerprint density at radius 3 is 2.62 bits per heavy atom. The Hall–Kier alpha value is -2.73. The van der Waals surface area contributed by atoms with Crippen LogP contribution < -0.4 is 14.4 Å². The average Bonchev–Trinajstić information content (AvgIpc) is 3.04. The molecule has 6 heteroatoms. The predicted octanol–water partition coefficient (Wildman–Crippen LogP) is 2.90. The lowest BCUT2D eigenvalue weighted by Gasteiger charge is -2.32. The van der Waals surface area contributed by atoms with Gasteiger partial charge < -0.3 is 23.9 Å². The third-order valence-electron chi connectivity index (χ3n) is 4.34. The molecule has 2 heterocycles. The van der Waals surface area contributed by atoms with E-state index >= 15 is 0 Å². The maximum atomic E-state index is 10.7. The first-order chi connectivity index (χ1) is 11.7. The second-order valence-corrected chi connectivity index (χ2v) is 5.72. The molecule has 0 radical (unpaired) electrons. The second-order valence-electron chi connectivity index (χ2n) is 5.72. The number of nitrogens with zero attached hydrogens (tertiary/aromatic N) is 2. The Morgan fingerprint density at radius 2 is 1.88 bits per heavy atom. The van der Waals surface area contributed by atoms with Gasteiger partial charge in [-0.3, -0.25) is 0 Å². The highest BCUT2D eigenvalue weighted by atomic mass is 16.5. The molecule has 1 aliphatic rings. The number of anilines is 1. The molecule has 6 nitrogen and oxygen atoms in total. The fourth-order valence-electron chi connectivity index (χ4n) is 3.22. The standard InChI is InChI=1S/C18H18N2O4/c1-22-14-7-8-16(23-2)17-11(14)9-20(10-13(17)21)18-19-12-5-3-4-6-15(12)24-18/h3-8,13,21H,9-10H2,1-2H3/t13-/m1/s1. The molecule has 124 valence electrons. The molecule has 0 saturated heterocycles. The van der Waals surface area contributed by atoms with Crippen LogP contribution in [0.15, 0.2) is 40.8 Å². The number of para-hydroxylation sites is 2. The van der Waals surface area contributed by atoms with Gasteiger partial charge in [0.2, 0.25) is 0 Å². The number of ether oxygens (including phenoxy) is 2. The summed E-state index contributed by atoms with van der Waals surface area (Å²) in [4.78, 5) is 6.43. The average molecular weight is 326 g/mol. The zero-order chi connectivity index (χ0) is 16.7. The Kier molecular flexibility index (Phi) is 3.54. The maximum absolute atomic E-state index is 10.7. The summed E-state index contributed by atoms with van der Waals surface area (Å²) < 4.78 is 16.7. The molecule has 0 aliphatic carbocycles. The number of rotatable bonds is 3. The lowest BCUT2D eigenvalue weighted by atomic mass is 9.95. The number of aromatic nitrogens is 1. The van der Waals surface area contributed by atoms with Crippen LogP contribution in [0.1, 0.15) is 17.2 Å². The van der Waals surface area contributed by atoms with E-state index in [1.807, 2.05) is 41.3 Å². The molecule has 0 amide bonds. The van der Waals surface area contributed by atoms with Gasteiger partial charge in [0, 0.05) is 11.1 Å². The van der Waals surface area contributed by atoms with Crippen molar-refractivity contribution >= 4 is 17.1 Å². The van der Waals surface area contributed by atoms with Crippen molar-refractivity contribution in [2.75, 3.05) is 25.7 Å². The molecule has 2 aromatic carbocycles. The summed E-state index contributed by atoms with van der Waals surface area (Å²) in [6, 6.07) is 11.8. The summed E-state index contributed by atoms with van der Waals surface area (Å²) in [5.74, 6) is 1.38. The third kappa shape index (κ3) is 2.27. The van der Waals surface area contributed by atoms with Gasteiger partial charge in [-0.15, -0.1) is 0 Å². The van der Waals surface area contributed by atoms with Gasteiger partial charge in [0.25, 0.3) is 6.01 Å². The molecule has 1 atom stereocenters. The minimum atomic E-state index is -0.714. The van der Waals surface area contributed by atoms with Crippen molar-refractivity contribution in [3.8, 4) is 11.5 Å². The van der Waals surface area contributed by atoms with Crippen LogP contribution in [0.4, 0.5) is 6.01 Å². The van der Waals surface area contributed by atoms with E-state index < -0.39 is 6.10 Å². The van der Waals surface area contributed by atoms with Crippen molar-refractivity contribution in [3.63, 3.8) is 0 Å².